The van der Waals surface area contributed by atoms with E-state index in [1.165, 1.54) is 0 Å². The van der Waals surface area contributed by atoms with Gasteiger partial charge in [0.1, 0.15) is 11.5 Å². The largest absolute Gasteiger partial charge is 0.495 e. The van der Waals surface area contributed by atoms with Crippen molar-refractivity contribution in [2.24, 2.45) is 0 Å². The molecule has 1 heterocycles. The molecule has 3 nitrogen and oxygen atoms in total. The van der Waals surface area contributed by atoms with E-state index in [4.69, 9.17) is 9.47 Å². The van der Waals surface area contributed by atoms with Gasteiger partial charge in [0.15, 0.2) is 6.61 Å². The van der Waals surface area contributed by atoms with Gasteiger partial charge in [-0.2, -0.15) is 0 Å². The summed E-state index contributed by atoms with van der Waals surface area (Å²) in [6, 6.07) is 3.44. The fourth-order valence-electron chi connectivity index (χ4n) is 1.25. The summed E-state index contributed by atoms with van der Waals surface area (Å²) in [5.41, 5.74) is 0.618. The summed E-state index contributed by atoms with van der Waals surface area (Å²) in [6.45, 7) is 0.134. The second-order valence-electron chi connectivity index (χ2n) is 2.69. The van der Waals surface area contributed by atoms with Gasteiger partial charge >= 0.3 is 0 Å². The number of ketones is 1. The number of ether oxygens (including phenoxy) is 2. The summed E-state index contributed by atoms with van der Waals surface area (Å²) >= 11 is 3.30. The van der Waals surface area contributed by atoms with Gasteiger partial charge < -0.3 is 9.47 Å². The van der Waals surface area contributed by atoms with E-state index in [0.29, 0.717) is 17.1 Å². The summed E-state index contributed by atoms with van der Waals surface area (Å²) in [4.78, 5) is 11.2. The van der Waals surface area contributed by atoms with Gasteiger partial charge in [0.05, 0.1) is 17.1 Å². The Kier molecular flexibility index (Phi) is 2.00. The molecule has 1 aromatic rings. The van der Waals surface area contributed by atoms with Crippen LogP contribution in [-0.2, 0) is 0 Å². The third-order valence-electron chi connectivity index (χ3n) is 1.91. The molecule has 0 spiro atoms. The molecule has 0 atom stereocenters. The van der Waals surface area contributed by atoms with Crippen molar-refractivity contribution in [1.29, 1.82) is 0 Å². The molecule has 0 radical (unpaired) electrons. The van der Waals surface area contributed by atoms with Crippen LogP contribution in [0, 0.1) is 0 Å². The fraction of sp³-hybridized carbons (Fsp3) is 0.222. The fourth-order valence-corrected chi connectivity index (χ4v) is 1.75. The molecule has 4 heteroatoms. The highest BCUT2D eigenvalue weighted by atomic mass is 79.9. The van der Waals surface area contributed by atoms with Crippen LogP contribution in [0.25, 0.3) is 0 Å². The summed E-state index contributed by atoms with van der Waals surface area (Å²) in [6.07, 6.45) is 0. The van der Waals surface area contributed by atoms with Crippen LogP contribution in [0.1, 0.15) is 10.4 Å². The van der Waals surface area contributed by atoms with E-state index in [2.05, 4.69) is 15.9 Å². The van der Waals surface area contributed by atoms with Crippen molar-refractivity contribution in [3.63, 3.8) is 0 Å². The van der Waals surface area contributed by atoms with E-state index < -0.39 is 0 Å². The van der Waals surface area contributed by atoms with E-state index in [0.717, 1.165) is 4.47 Å². The first-order valence-corrected chi connectivity index (χ1v) is 4.55. The number of hydrogen-bond acceptors (Lipinski definition) is 3. The number of methoxy groups -OCH3 is 1. The third kappa shape index (κ3) is 1.31. The average Bonchev–Trinajstić information content (AvgIpc) is 2.47. The van der Waals surface area contributed by atoms with E-state index >= 15 is 0 Å². The molecular formula is C9H7BrO3. The van der Waals surface area contributed by atoms with E-state index in [1.54, 1.807) is 19.2 Å². The standard InChI is InChI=1S/C9H7BrO3/c1-12-9-3-8-5(2-6(9)10)7(11)4-13-8/h2-3H,4H2,1H3. The van der Waals surface area contributed by atoms with E-state index in [9.17, 15) is 4.79 Å². The zero-order valence-electron chi connectivity index (χ0n) is 6.96. The van der Waals surface area contributed by atoms with E-state index in [-0.39, 0.29) is 12.4 Å². The van der Waals surface area contributed by atoms with Crippen molar-refractivity contribution in [2.75, 3.05) is 13.7 Å². The molecule has 1 aromatic carbocycles. The van der Waals surface area contributed by atoms with Crippen molar-refractivity contribution in [3.05, 3.63) is 22.2 Å². The lowest BCUT2D eigenvalue weighted by Gasteiger charge is -2.04. The molecule has 13 heavy (non-hydrogen) atoms. The Labute approximate surface area is 83.8 Å². The van der Waals surface area contributed by atoms with Gasteiger partial charge in [0.25, 0.3) is 0 Å². The molecular weight excluding hydrogens is 236 g/mol. The maximum absolute atomic E-state index is 11.2. The number of carbonyl (C=O) groups is 1. The van der Waals surface area contributed by atoms with Gasteiger partial charge in [-0.3, -0.25) is 4.79 Å². The molecule has 0 amide bonds. The third-order valence-corrected chi connectivity index (χ3v) is 2.53. The maximum atomic E-state index is 11.2. The maximum Gasteiger partial charge on any atom is 0.203 e. The predicted molar refractivity (Wildman–Crippen MR) is 50.5 cm³/mol. The Morgan fingerprint density at radius 3 is 3.00 bits per heavy atom. The van der Waals surface area contributed by atoms with Crippen LogP contribution in [0.5, 0.6) is 11.5 Å². The minimum atomic E-state index is 0.0124. The lowest BCUT2D eigenvalue weighted by Crippen LogP contribution is -1.98. The van der Waals surface area contributed by atoms with Crippen LogP contribution in [0.3, 0.4) is 0 Å². The highest BCUT2D eigenvalue weighted by Gasteiger charge is 2.22. The zero-order valence-corrected chi connectivity index (χ0v) is 8.55. The predicted octanol–water partition coefficient (Wildman–Crippen LogP) is 2.03. The van der Waals surface area contributed by atoms with Gasteiger partial charge in [-0.25, -0.2) is 0 Å². The lowest BCUT2D eigenvalue weighted by atomic mass is 10.1. The van der Waals surface area contributed by atoms with Crippen molar-refractivity contribution in [2.45, 2.75) is 0 Å². The van der Waals surface area contributed by atoms with Gasteiger partial charge in [0.2, 0.25) is 5.78 Å². The van der Waals surface area contributed by atoms with Crippen molar-refractivity contribution >= 4 is 21.7 Å². The number of halogens is 1. The first-order valence-electron chi connectivity index (χ1n) is 3.76. The molecule has 0 fully saturated rings. The molecule has 1 aliphatic heterocycles. The second-order valence-corrected chi connectivity index (χ2v) is 3.55. The van der Waals surface area contributed by atoms with E-state index in [1.807, 2.05) is 0 Å². The van der Waals surface area contributed by atoms with Gasteiger partial charge in [-0.1, -0.05) is 0 Å². The van der Waals surface area contributed by atoms with Crippen LogP contribution in [0.15, 0.2) is 16.6 Å². The highest BCUT2D eigenvalue weighted by molar-refractivity contribution is 9.10. The topological polar surface area (TPSA) is 35.5 Å². The Morgan fingerprint density at radius 1 is 1.54 bits per heavy atom. The SMILES string of the molecule is COc1cc2c(cc1Br)C(=O)CO2. The summed E-state index contributed by atoms with van der Waals surface area (Å²) < 4.78 is 11.0. The van der Waals surface area contributed by atoms with Crippen LogP contribution in [-0.4, -0.2) is 19.5 Å². The monoisotopic (exact) mass is 242 g/mol. The first kappa shape index (κ1) is 8.56. The second kappa shape index (κ2) is 3.03. The number of rotatable bonds is 1. The minimum absolute atomic E-state index is 0.0124. The van der Waals surface area contributed by atoms with Crippen LogP contribution < -0.4 is 9.47 Å². The number of fused-ring (bicyclic) bond motifs is 1. The number of Topliss-reactive ketones (excluding diaryl/α,β-unsaturated/α-hetero) is 1. The summed E-state index contributed by atoms with van der Waals surface area (Å²) in [7, 11) is 1.57. The molecule has 0 unspecified atom stereocenters. The van der Waals surface area contributed by atoms with Crippen molar-refractivity contribution in [3.8, 4) is 11.5 Å². The summed E-state index contributed by atoms with van der Waals surface area (Å²) in [5, 5.41) is 0. The quantitative estimate of drug-likeness (QED) is 0.757. The summed E-state index contributed by atoms with van der Waals surface area (Å²) in [5.74, 6) is 1.29. The molecule has 0 bridgehead atoms. The molecule has 2 rings (SSSR count). The van der Waals surface area contributed by atoms with Crippen LogP contribution in [0.4, 0.5) is 0 Å². The zero-order chi connectivity index (χ0) is 9.42. The Bertz CT molecular complexity index is 373. The average molecular weight is 243 g/mol. The Hall–Kier alpha value is -1.03. The van der Waals surface area contributed by atoms with Gasteiger partial charge in [-0.15, -0.1) is 0 Å². The van der Waals surface area contributed by atoms with Crippen LogP contribution >= 0.6 is 15.9 Å². The number of benzene rings is 1. The van der Waals surface area contributed by atoms with Crippen LogP contribution in [0.2, 0.25) is 0 Å². The first-order chi connectivity index (χ1) is 6.22. The van der Waals surface area contributed by atoms with Crippen molar-refractivity contribution in [1.82, 2.24) is 0 Å². The highest BCUT2D eigenvalue weighted by Crippen LogP contribution is 2.35. The minimum Gasteiger partial charge on any atom is -0.495 e. The molecule has 68 valence electrons. The molecule has 1 aliphatic rings. The van der Waals surface area contributed by atoms with Crippen molar-refractivity contribution < 1.29 is 14.3 Å². The lowest BCUT2D eigenvalue weighted by molar-refractivity contribution is 0.0961. The number of hydrogen-bond donors (Lipinski definition) is 0. The Balaban J connectivity index is 2.56. The van der Waals surface area contributed by atoms with Gasteiger partial charge in [-0.05, 0) is 22.0 Å². The molecule has 0 aliphatic carbocycles. The number of carbonyl (C=O) groups excluding carboxylic acids is 1. The van der Waals surface area contributed by atoms with Gasteiger partial charge in [0, 0.05) is 6.07 Å². The molecule has 0 aromatic heterocycles. The normalized spacial score (nSPS) is 13.8. The molecule has 0 N–H and O–H groups in total. The smallest absolute Gasteiger partial charge is 0.203 e. The molecule has 0 saturated carbocycles. The Morgan fingerprint density at radius 2 is 2.31 bits per heavy atom. The molecule has 0 saturated heterocycles.